The van der Waals surface area contributed by atoms with Crippen molar-refractivity contribution in [2.24, 2.45) is 0 Å². The van der Waals surface area contributed by atoms with Gasteiger partial charge in [-0.3, -0.25) is 4.90 Å². The normalized spacial score (nSPS) is 13.1. The van der Waals surface area contributed by atoms with E-state index < -0.39 is 0 Å². The van der Waals surface area contributed by atoms with E-state index in [2.05, 4.69) is 4.90 Å². The predicted molar refractivity (Wildman–Crippen MR) is 87.6 cm³/mol. The number of rotatable bonds is 8. The van der Waals surface area contributed by atoms with Crippen molar-refractivity contribution in [2.75, 3.05) is 47.3 Å². The maximum absolute atomic E-state index is 11.9. The third-order valence-electron chi connectivity index (χ3n) is 3.94. The number of fused-ring (bicyclic) bond motifs is 2. The summed E-state index contributed by atoms with van der Waals surface area (Å²) in [6, 6.07) is 5.09. The monoisotopic (exact) mass is 335 g/mol. The van der Waals surface area contributed by atoms with E-state index in [1.165, 1.54) is 6.07 Å². The van der Waals surface area contributed by atoms with E-state index >= 15 is 0 Å². The average Bonchev–Trinajstić information content (AvgIpc) is 3.02. The van der Waals surface area contributed by atoms with E-state index in [0.29, 0.717) is 36.8 Å². The van der Waals surface area contributed by atoms with Gasteiger partial charge in [0.1, 0.15) is 5.58 Å². The zero-order valence-electron chi connectivity index (χ0n) is 13.9. The van der Waals surface area contributed by atoms with Crippen LogP contribution < -0.4 is 15.1 Å². The molecule has 0 radical (unpaired) electrons. The first-order valence-corrected chi connectivity index (χ1v) is 7.78. The van der Waals surface area contributed by atoms with Crippen LogP contribution in [0.2, 0.25) is 0 Å². The molecule has 0 aliphatic carbocycles. The van der Waals surface area contributed by atoms with E-state index in [-0.39, 0.29) is 12.4 Å². The Balaban J connectivity index is 1.93. The molecule has 130 valence electrons. The first-order chi connectivity index (χ1) is 11.7. The summed E-state index contributed by atoms with van der Waals surface area (Å²) in [7, 11) is 3.34. The number of methoxy groups -OCH3 is 2. The largest absolute Gasteiger partial charge is 0.454 e. The Labute approximate surface area is 139 Å². The molecule has 2 heterocycles. The van der Waals surface area contributed by atoms with E-state index in [9.17, 15) is 4.79 Å². The summed E-state index contributed by atoms with van der Waals surface area (Å²) in [6.45, 7) is 3.47. The van der Waals surface area contributed by atoms with Crippen LogP contribution in [0.3, 0.4) is 0 Å². The maximum Gasteiger partial charge on any atom is 0.336 e. The van der Waals surface area contributed by atoms with Crippen molar-refractivity contribution in [2.45, 2.75) is 6.54 Å². The number of nitrogens with zero attached hydrogens (tertiary/aromatic N) is 1. The fourth-order valence-corrected chi connectivity index (χ4v) is 2.70. The van der Waals surface area contributed by atoms with Crippen molar-refractivity contribution in [3.63, 3.8) is 0 Å². The van der Waals surface area contributed by atoms with E-state index in [0.717, 1.165) is 24.0 Å². The Bertz CT molecular complexity index is 749. The lowest BCUT2D eigenvalue weighted by molar-refractivity contribution is 0.110. The molecule has 1 aromatic carbocycles. The van der Waals surface area contributed by atoms with Gasteiger partial charge < -0.3 is 23.4 Å². The molecule has 0 bridgehead atoms. The molecule has 24 heavy (non-hydrogen) atoms. The molecule has 0 saturated heterocycles. The Hall–Kier alpha value is -2.09. The zero-order chi connectivity index (χ0) is 16.9. The highest BCUT2D eigenvalue weighted by atomic mass is 16.7. The fraction of sp³-hybridized carbons (Fsp3) is 0.471. The first-order valence-electron chi connectivity index (χ1n) is 7.78. The lowest BCUT2D eigenvalue weighted by Gasteiger charge is -2.22. The Morgan fingerprint density at radius 2 is 1.71 bits per heavy atom. The lowest BCUT2D eigenvalue weighted by Crippen LogP contribution is -2.30. The van der Waals surface area contributed by atoms with Crippen molar-refractivity contribution >= 4 is 11.0 Å². The molecular weight excluding hydrogens is 314 g/mol. The number of hydrogen-bond donors (Lipinski definition) is 0. The van der Waals surface area contributed by atoms with Crippen LogP contribution in [0.5, 0.6) is 11.5 Å². The van der Waals surface area contributed by atoms with Gasteiger partial charge in [0.15, 0.2) is 11.5 Å². The zero-order valence-corrected chi connectivity index (χ0v) is 13.9. The third-order valence-corrected chi connectivity index (χ3v) is 3.94. The van der Waals surface area contributed by atoms with Crippen molar-refractivity contribution < 1.29 is 23.4 Å². The predicted octanol–water partition coefficient (Wildman–Crippen LogP) is 1.62. The smallest absolute Gasteiger partial charge is 0.336 e. The van der Waals surface area contributed by atoms with Crippen LogP contribution in [0.4, 0.5) is 0 Å². The second-order valence-electron chi connectivity index (χ2n) is 5.55. The summed E-state index contributed by atoms with van der Waals surface area (Å²) in [6.07, 6.45) is 0. The summed E-state index contributed by atoms with van der Waals surface area (Å²) in [4.78, 5) is 14.1. The molecule has 3 rings (SSSR count). The molecule has 2 aromatic rings. The van der Waals surface area contributed by atoms with Crippen LogP contribution in [0, 0.1) is 0 Å². The standard InChI is InChI=1S/C17H21NO6/c1-20-5-3-18(4-6-21-2)10-12-7-17(19)24-14-9-16-15(8-13(12)14)22-11-23-16/h7-9H,3-6,10-11H2,1-2H3. The van der Waals surface area contributed by atoms with Crippen LogP contribution in [0.25, 0.3) is 11.0 Å². The Morgan fingerprint density at radius 3 is 2.38 bits per heavy atom. The van der Waals surface area contributed by atoms with Gasteiger partial charge in [-0.25, -0.2) is 4.79 Å². The van der Waals surface area contributed by atoms with Gasteiger partial charge in [0.2, 0.25) is 6.79 Å². The average molecular weight is 335 g/mol. The third kappa shape index (κ3) is 3.69. The molecule has 1 aliphatic heterocycles. The van der Waals surface area contributed by atoms with E-state index in [4.69, 9.17) is 23.4 Å². The first kappa shape index (κ1) is 16.8. The summed E-state index contributed by atoms with van der Waals surface area (Å²) in [5.41, 5.74) is 1.00. The quantitative estimate of drug-likeness (QED) is 0.679. The van der Waals surface area contributed by atoms with Gasteiger partial charge in [-0.05, 0) is 11.6 Å². The molecule has 7 heteroatoms. The summed E-state index contributed by atoms with van der Waals surface area (Å²) >= 11 is 0. The van der Waals surface area contributed by atoms with Gasteiger partial charge >= 0.3 is 5.63 Å². The van der Waals surface area contributed by atoms with Crippen LogP contribution >= 0.6 is 0 Å². The van der Waals surface area contributed by atoms with E-state index in [1.54, 1.807) is 20.3 Å². The molecule has 0 N–H and O–H groups in total. The summed E-state index contributed by atoms with van der Waals surface area (Å²) in [5.74, 6) is 1.26. The number of ether oxygens (including phenoxy) is 4. The summed E-state index contributed by atoms with van der Waals surface area (Å²) in [5, 5.41) is 0.846. The lowest BCUT2D eigenvalue weighted by atomic mass is 10.1. The second-order valence-corrected chi connectivity index (χ2v) is 5.55. The van der Waals surface area contributed by atoms with Gasteiger partial charge in [-0.2, -0.15) is 0 Å². The molecule has 0 fully saturated rings. The fourth-order valence-electron chi connectivity index (χ4n) is 2.70. The molecule has 0 amide bonds. The minimum atomic E-state index is -0.380. The number of hydrogen-bond acceptors (Lipinski definition) is 7. The molecule has 0 saturated carbocycles. The van der Waals surface area contributed by atoms with Crippen LogP contribution in [0.1, 0.15) is 5.56 Å². The number of benzene rings is 1. The van der Waals surface area contributed by atoms with Crippen LogP contribution in [0.15, 0.2) is 27.4 Å². The van der Waals surface area contributed by atoms with Crippen LogP contribution in [-0.2, 0) is 16.0 Å². The molecular formula is C17H21NO6. The molecule has 0 atom stereocenters. The van der Waals surface area contributed by atoms with Gasteiger partial charge in [0.25, 0.3) is 0 Å². The Morgan fingerprint density at radius 1 is 1.04 bits per heavy atom. The van der Waals surface area contributed by atoms with Crippen molar-refractivity contribution in [3.8, 4) is 11.5 Å². The highest BCUT2D eigenvalue weighted by molar-refractivity contribution is 5.84. The van der Waals surface area contributed by atoms with Gasteiger partial charge in [0.05, 0.1) is 13.2 Å². The molecule has 7 nitrogen and oxygen atoms in total. The topological polar surface area (TPSA) is 70.4 Å². The van der Waals surface area contributed by atoms with E-state index in [1.807, 2.05) is 6.07 Å². The highest BCUT2D eigenvalue weighted by Gasteiger charge is 2.18. The van der Waals surface area contributed by atoms with Crippen molar-refractivity contribution in [1.82, 2.24) is 4.90 Å². The maximum atomic E-state index is 11.9. The molecule has 1 aromatic heterocycles. The van der Waals surface area contributed by atoms with Crippen molar-refractivity contribution in [1.29, 1.82) is 0 Å². The highest BCUT2D eigenvalue weighted by Crippen LogP contribution is 2.36. The molecule has 0 unspecified atom stereocenters. The molecule has 1 aliphatic rings. The minimum absolute atomic E-state index is 0.180. The van der Waals surface area contributed by atoms with Gasteiger partial charge in [0, 0.05) is 51.4 Å². The van der Waals surface area contributed by atoms with Crippen molar-refractivity contribution in [3.05, 3.63) is 34.2 Å². The van der Waals surface area contributed by atoms with Gasteiger partial charge in [-0.1, -0.05) is 0 Å². The van der Waals surface area contributed by atoms with Crippen LogP contribution in [-0.4, -0.2) is 52.2 Å². The summed E-state index contributed by atoms with van der Waals surface area (Å²) < 4.78 is 26.4. The SMILES string of the molecule is COCCN(CCOC)Cc1cc(=O)oc2cc3c(cc12)OCO3. The molecule has 0 spiro atoms. The second kappa shape index (κ2) is 7.65. The van der Waals surface area contributed by atoms with Gasteiger partial charge in [-0.15, -0.1) is 0 Å². The minimum Gasteiger partial charge on any atom is -0.454 e. The Kier molecular flexibility index (Phi) is 5.34.